The summed E-state index contributed by atoms with van der Waals surface area (Å²) in [4.78, 5) is 19.9. The summed E-state index contributed by atoms with van der Waals surface area (Å²) in [7, 11) is 0. The van der Waals surface area contributed by atoms with Gasteiger partial charge in [-0.15, -0.1) is 0 Å². The lowest BCUT2D eigenvalue weighted by Gasteiger charge is -2.16. The summed E-state index contributed by atoms with van der Waals surface area (Å²) in [6.07, 6.45) is 1.18. The van der Waals surface area contributed by atoms with Gasteiger partial charge in [0.25, 0.3) is 0 Å². The van der Waals surface area contributed by atoms with Gasteiger partial charge in [0.05, 0.1) is 4.92 Å². The molecule has 0 unspecified atom stereocenters. The molecule has 0 N–H and O–H groups in total. The van der Waals surface area contributed by atoms with E-state index in [1.165, 1.54) is 10.8 Å². The Hall–Kier alpha value is -1.92. The van der Waals surface area contributed by atoms with Crippen LogP contribution in [0.3, 0.4) is 0 Å². The Morgan fingerprint density at radius 1 is 1.20 bits per heavy atom. The number of aromatic nitrogens is 1. The van der Waals surface area contributed by atoms with Crippen LogP contribution in [0.2, 0.25) is 0 Å². The van der Waals surface area contributed by atoms with E-state index in [4.69, 9.17) is 0 Å². The van der Waals surface area contributed by atoms with Crippen LogP contribution >= 0.6 is 0 Å². The minimum atomic E-state index is -0.644. The van der Waals surface area contributed by atoms with E-state index in [0.29, 0.717) is 0 Å². The normalized spacial score (nSPS) is 11.4. The monoisotopic (exact) mass is 213 g/mol. The van der Waals surface area contributed by atoms with Crippen molar-refractivity contribution < 1.29 is 9.85 Å². The first-order chi connectivity index (χ1) is 6.73. The summed E-state index contributed by atoms with van der Waals surface area (Å²) in [6.45, 7) is 5.22. The maximum Gasteiger partial charge on any atom is 0.330 e. The largest absolute Gasteiger partial charge is 0.358 e. The van der Waals surface area contributed by atoms with Gasteiger partial charge in [-0.2, -0.15) is 0 Å². The van der Waals surface area contributed by atoms with Gasteiger partial charge in [0.1, 0.15) is 11.6 Å². The lowest BCUT2D eigenvalue weighted by molar-refractivity contribution is -0.395. The molecule has 1 aromatic heterocycles. The predicted molar refractivity (Wildman–Crippen MR) is 52.7 cm³/mol. The van der Waals surface area contributed by atoms with E-state index >= 15 is 0 Å². The van der Waals surface area contributed by atoms with Crippen molar-refractivity contribution in [1.29, 1.82) is 0 Å². The van der Waals surface area contributed by atoms with Crippen LogP contribution in [0.15, 0.2) is 12.3 Å². The van der Waals surface area contributed by atoms with Crippen molar-refractivity contribution in [1.82, 2.24) is 4.57 Å². The number of hydrogen-bond donors (Lipinski definition) is 0. The Morgan fingerprint density at radius 2 is 1.73 bits per heavy atom. The molecule has 0 bridgehead atoms. The van der Waals surface area contributed by atoms with Crippen molar-refractivity contribution in [3.05, 3.63) is 32.5 Å². The van der Waals surface area contributed by atoms with Crippen molar-refractivity contribution in [3.63, 3.8) is 0 Å². The second-order valence-corrected chi connectivity index (χ2v) is 4.11. The van der Waals surface area contributed by atoms with Crippen LogP contribution in [-0.4, -0.2) is 14.4 Å². The van der Waals surface area contributed by atoms with Crippen molar-refractivity contribution in [2.45, 2.75) is 26.3 Å². The molecule has 82 valence electrons. The Morgan fingerprint density at radius 3 is 2.00 bits per heavy atom. The molecule has 0 radical (unpaired) electrons. The second-order valence-electron chi connectivity index (χ2n) is 4.11. The average molecular weight is 213 g/mol. The van der Waals surface area contributed by atoms with Crippen LogP contribution < -0.4 is 0 Å². The lowest BCUT2D eigenvalue weighted by Crippen LogP contribution is -2.22. The van der Waals surface area contributed by atoms with E-state index in [0.717, 1.165) is 6.07 Å². The third kappa shape index (κ3) is 2.12. The van der Waals surface area contributed by atoms with E-state index in [2.05, 4.69) is 0 Å². The third-order valence-corrected chi connectivity index (χ3v) is 1.91. The van der Waals surface area contributed by atoms with Crippen molar-refractivity contribution in [2.75, 3.05) is 0 Å². The van der Waals surface area contributed by atoms with Gasteiger partial charge in [-0.05, 0) is 25.7 Å². The topological polar surface area (TPSA) is 91.2 Å². The number of nitro groups is 2. The number of hydrogen-bond acceptors (Lipinski definition) is 4. The lowest BCUT2D eigenvalue weighted by atomic mass is 10.1. The maximum atomic E-state index is 10.7. The van der Waals surface area contributed by atoms with E-state index < -0.39 is 15.4 Å². The van der Waals surface area contributed by atoms with Crippen LogP contribution in [0.5, 0.6) is 0 Å². The minimum Gasteiger partial charge on any atom is -0.358 e. The second kappa shape index (κ2) is 3.34. The highest BCUT2D eigenvalue weighted by molar-refractivity contribution is 5.40. The van der Waals surface area contributed by atoms with E-state index in [9.17, 15) is 20.2 Å². The van der Waals surface area contributed by atoms with Crippen molar-refractivity contribution in [2.24, 2.45) is 0 Å². The van der Waals surface area contributed by atoms with Gasteiger partial charge in [-0.1, -0.05) is 0 Å². The number of rotatable bonds is 2. The molecular formula is C8H11N3O4. The molecule has 0 aromatic carbocycles. The van der Waals surface area contributed by atoms with Gasteiger partial charge in [0, 0.05) is 0 Å². The van der Waals surface area contributed by atoms with Gasteiger partial charge >= 0.3 is 11.5 Å². The molecule has 0 amide bonds. The van der Waals surface area contributed by atoms with E-state index in [1.807, 2.05) is 0 Å². The first-order valence-corrected chi connectivity index (χ1v) is 4.25. The zero-order valence-corrected chi connectivity index (χ0v) is 8.63. The molecule has 0 atom stereocenters. The fourth-order valence-corrected chi connectivity index (χ4v) is 1.22. The Labute approximate surface area is 85.6 Å². The van der Waals surface area contributed by atoms with Crippen molar-refractivity contribution in [3.8, 4) is 0 Å². The van der Waals surface area contributed by atoms with Crippen molar-refractivity contribution >= 4 is 11.5 Å². The Kier molecular flexibility index (Phi) is 2.48. The highest BCUT2D eigenvalue weighted by atomic mass is 16.6. The quantitative estimate of drug-likeness (QED) is 0.555. The summed E-state index contributed by atoms with van der Waals surface area (Å²) in [5.74, 6) is -0.269. The van der Waals surface area contributed by atoms with Gasteiger partial charge < -0.3 is 10.1 Å². The zero-order valence-electron chi connectivity index (χ0n) is 8.63. The third-order valence-electron chi connectivity index (χ3n) is 1.91. The van der Waals surface area contributed by atoms with Crippen LogP contribution in [-0.2, 0) is 5.54 Å². The Bertz CT molecular complexity index is 416. The maximum absolute atomic E-state index is 10.7. The molecule has 0 saturated carbocycles. The van der Waals surface area contributed by atoms with E-state index in [1.54, 1.807) is 20.8 Å². The highest BCUT2D eigenvalue weighted by Gasteiger charge is 2.30. The molecule has 1 heterocycles. The fourth-order valence-electron chi connectivity index (χ4n) is 1.22. The predicted octanol–water partition coefficient (Wildman–Crippen LogP) is 2.06. The summed E-state index contributed by atoms with van der Waals surface area (Å²) in [5.41, 5.74) is -0.826. The molecule has 7 heteroatoms. The van der Waals surface area contributed by atoms with Gasteiger partial charge in [-0.3, -0.25) is 10.1 Å². The van der Waals surface area contributed by atoms with E-state index in [-0.39, 0.29) is 11.5 Å². The Balaban J connectivity index is 3.37. The number of nitrogens with zero attached hydrogens (tertiary/aromatic N) is 3. The standard InChI is InChI=1S/C8H11N3O4/c1-8(2,3)9-5-6(10(12)13)4-7(9)11(14)15/h4-5H,1-3H3. The highest BCUT2D eigenvalue weighted by Crippen LogP contribution is 2.29. The first kappa shape index (κ1) is 11.2. The summed E-state index contributed by atoms with van der Waals surface area (Å²) < 4.78 is 1.28. The molecule has 15 heavy (non-hydrogen) atoms. The molecule has 1 rings (SSSR count). The summed E-state index contributed by atoms with van der Waals surface area (Å²) in [5, 5.41) is 21.2. The molecule has 7 nitrogen and oxygen atoms in total. The first-order valence-electron chi connectivity index (χ1n) is 4.25. The fraction of sp³-hybridized carbons (Fsp3) is 0.500. The molecule has 0 fully saturated rings. The zero-order chi connectivity index (χ0) is 11.8. The molecule has 0 saturated heterocycles. The van der Waals surface area contributed by atoms with Crippen LogP contribution in [0, 0.1) is 20.2 Å². The molecule has 0 aliphatic carbocycles. The van der Waals surface area contributed by atoms with Crippen LogP contribution in [0.4, 0.5) is 11.5 Å². The molecule has 0 spiro atoms. The smallest absolute Gasteiger partial charge is 0.330 e. The SMILES string of the molecule is CC(C)(C)n1cc([N+](=O)[O-])cc1[N+](=O)[O-]. The van der Waals surface area contributed by atoms with Gasteiger partial charge in [0.15, 0.2) is 6.20 Å². The summed E-state index contributed by atoms with van der Waals surface area (Å²) in [6, 6.07) is 0.964. The van der Waals surface area contributed by atoms with Gasteiger partial charge in [0.2, 0.25) is 0 Å². The van der Waals surface area contributed by atoms with Crippen LogP contribution in [0.1, 0.15) is 20.8 Å². The van der Waals surface area contributed by atoms with Crippen LogP contribution in [0.25, 0.3) is 0 Å². The summed E-state index contributed by atoms with van der Waals surface area (Å²) >= 11 is 0. The molecule has 1 aromatic rings. The van der Waals surface area contributed by atoms with Gasteiger partial charge in [-0.25, -0.2) is 4.57 Å². The molecule has 0 aliphatic rings. The molecule has 0 aliphatic heterocycles. The minimum absolute atomic E-state index is 0.267. The molecular weight excluding hydrogens is 202 g/mol. The average Bonchev–Trinajstić information content (AvgIpc) is 2.45.